The quantitative estimate of drug-likeness (QED) is 0.624. The summed E-state index contributed by atoms with van der Waals surface area (Å²) in [4.78, 5) is 10.6. The van der Waals surface area contributed by atoms with Crippen LogP contribution in [0.1, 0.15) is 6.92 Å². The Balaban J connectivity index is 2.75. The second kappa shape index (κ2) is 5.36. The molecule has 0 aliphatic heterocycles. The normalized spacial score (nSPS) is 13.2. The number of carbonyl (C=O) groups excluding carboxylic acids is 1. The minimum absolute atomic E-state index is 0.540. The van der Waals surface area contributed by atoms with Crippen LogP contribution in [-0.4, -0.2) is 32.1 Å². The van der Waals surface area contributed by atoms with Gasteiger partial charge in [-0.1, -0.05) is 0 Å². The maximum absolute atomic E-state index is 12.5. The fourth-order valence-electron chi connectivity index (χ4n) is 0.931. The fraction of sp³-hybridized carbons (Fsp3) is 0.300. The summed E-state index contributed by atoms with van der Waals surface area (Å²) in [5.74, 6) is -0.917. The van der Waals surface area contributed by atoms with Gasteiger partial charge in [-0.25, -0.2) is 0 Å². The van der Waals surface area contributed by atoms with E-state index in [1.54, 1.807) is 30.3 Å². The number of ether oxygens (including phenoxy) is 1. The van der Waals surface area contributed by atoms with Gasteiger partial charge in [0.25, 0.3) is 0 Å². The Labute approximate surface area is 96.9 Å². The van der Waals surface area contributed by atoms with Gasteiger partial charge in [0, 0.05) is 0 Å². The summed E-state index contributed by atoms with van der Waals surface area (Å²) in [6.07, 6.45) is -4.51. The Bertz CT molecular complexity index is 351. The zero-order chi connectivity index (χ0) is 12.2. The molecule has 88 valence electrons. The molecule has 0 aromatic heterocycles. The summed E-state index contributed by atoms with van der Waals surface area (Å²) in [6.45, 7) is 0.972. The summed E-state index contributed by atoms with van der Waals surface area (Å²) in [7, 11) is 0. The third-order valence-corrected chi connectivity index (χ3v) is 3.88. The Morgan fingerprint density at radius 1 is 1.31 bits per heavy atom. The van der Waals surface area contributed by atoms with E-state index < -0.39 is 32.1 Å². The Kier molecular flexibility index (Phi) is 4.38. The van der Waals surface area contributed by atoms with E-state index in [1.807, 2.05) is 0 Å². The van der Waals surface area contributed by atoms with Crippen LogP contribution in [0.3, 0.4) is 0 Å². The molecule has 1 unspecified atom stereocenters. The van der Waals surface area contributed by atoms with E-state index >= 15 is 0 Å². The molecule has 0 bridgehead atoms. The maximum atomic E-state index is 12.5. The van der Waals surface area contributed by atoms with E-state index in [9.17, 15) is 18.0 Å². The van der Waals surface area contributed by atoms with Gasteiger partial charge in [0.2, 0.25) is 0 Å². The van der Waals surface area contributed by atoms with Crippen molar-refractivity contribution in [3.63, 3.8) is 0 Å². The molecule has 1 atom stereocenters. The fourth-order valence-corrected chi connectivity index (χ4v) is 2.77. The molecule has 1 rings (SSSR count). The van der Waals surface area contributed by atoms with Crippen molar-refractivity contribution in [1.29, 1.82) is 0 Å². The van der Waals surface area contributed by atoms with Crippen molar-refractivity contribution in [1.82, 2.24) is 0 Å². The molecular formula is C10H9F3O2Se. The van der Waals surface area contributed by atoms with Crippen LogP contribution in [-0.2, 0) is 9.53 Å². The summed E-state index contributed by atoms with van der Waals surface area (Å²) in [6, 6.07) is 8.19. The van der Waals surface area contributed by atoms with Crippen molar-refractivity contribution in [3.8, 4) is 0 Å². The molecule has 0 aliphatic rings. The number of alkyl halides is 3. The van der Waals surface area contributed by atoms with Crippen molar-refractivity contribution in [3.05, 3.63) is 30.3 Å². The number of carbonyl (C=O) groups is 1. The van der Waals surface area contributed by atoms with Gasteiger partial charge in [0.1, 0.15) is 0 Å². The van der Waals surface area contributed by atoms with E-state index in [2.05, 4.69) is 4.74 Å². The van der Waals surface area contributed by atoms with E-state index in [-0.39, 0.29) is 0 Å². The van der Waals surface area contributed by atoms with E-state index in [1.165, 1.54) is 0 Å². The van der Waals surface area contributed by atoms with E-state index in [0.29, 0.717) is 4.46 Å². The topological polar surface area (TPSA) is 26.3 Å². The third kappa shape index (κ3) is 4.24. The molecule has 0 saturated heterocycles. The first-order chi connectivity index (χ1) is 7.39. The molecule has 0 N–H and O–H groups in total. The zero-order valence-electron chi connectivity index (χ0n) is 8.32. The number of benzene rings is 1. The Morgan fingerprint density at radius 2 is 1.88 bits per heavy atom. The molecule has 0 saturated carbocycles. The molecule has 0 fully saturated rings. The van der Waals surface area contributed by atoms with E-state index in [4.69, 9.17) is 0 Å². The van der Waals surface area contributed by atoms with Crippen LogP contribution < -0.4 is 4.46 Å². The molecule has 1 aromatic carbocycles. The first kappa shape index (κ1) is 13.1. The summed E-state index contributed by atoms with van der Waals surface area (Å²) in [5.41, 5.74) is 0. The van der Waals surface area contributed by atoms with Crippen molar-refractivity contribution < 1.29 is 22.7 Å². The van der Waals surface area contributed by atoms with Gasteiger partial charge in [-0.15, -0.1) is 0 Å². The SMILES string of the molecule is CC(=O)OC([Se]c1ccccc1)C(F)(F)F. The van der Waals surface area contributed by atoms with Crippen LogP contribution in [0.15, 0.2) is 30.3 Å². The predicted molar refractivity (Wildman–Crippen MR) is 53.4 cm³/mol. The number of hydrogen-bond donors (Lipinski definition) is 0. The Hall–Kier alpha value is -1.00. The summed E-state index contributed by atoms with van der Waals surface area (Å²) < 4.78 is 42.3. The summed E-state index contributed by atoms with van der Waals surface area (Å²) >= 11 is -0.967. The van der Waals surface area contributed by atoms with Gasteiger partial charge in [-0.3, -0.25) is 0 Å². The first-order valence-corrected chi connectivity index (χ1v) is 6.20. The molecule has 16 heavy (non-hydrogen) atoms. The standard InChI is InChI=1S/C10H9F3O2Se/c1-7(14)15-9(10(11,12)13)16-8-5-3-2-4-6-8/h2-6,9H,1H3. The molecule has 0 amide bonds. The van der Waals surface area contributed by atoms with Crippen molar-refractivity contribution in [2.45, 2.75) is 18.1 Å². The van der Waals surface area contributed by atoms with Gasteiger partial charge >= 0.3 is 96.5 Å². The molecule has 0 spiro atoms. The van der Waals surface area contributed by atoms with Gasteiger partial charge in [-0.2, -0.15) is 0 Å². The van der Waals surface area contributed by atoms with Crippen LogP contribution in [0.2, 0.25) is 0 Å². The van der Waals surface area contributed by atoms with Crippen molar-refractivity contribution in [2.24, 2.45) is 0 Å². The third-order valence-electron chi connectivity index (χ3n) is 1.53. The number of halogens is 3. The molecule has 2 nitrogen and oxygen atoms in total. The Morgan fingerprint density at radius 3 is 2.31 bits per heavy atom. The molecule has 1 aromatic rings. The zero-order valence-corrected chi connectivity index (χ0v) is 10.0. The van der Waals surface area contributed by atoms with Gasteiger partial charge in [0.15, 0.2) is 0 Å². The van der Waals surface area contributed by atoms with Gasteiger partial charge in [-0.05, 0) is 0 Å². The van der Waals surface area contributed by atoms with Crippen LogP contribution in [0.5, 0.6) is 0 Å². The van der Waals surface area contributed by atoms with Gasteiger partial charge < -0.3 is 0 Å². The molecule has 0 radical (unpaired) electrons. The van der Waals surface area contributed by atoms with Gasteiger partial charge in [0.05, 0.1) is 0 Å². The van der Waals surface area contributed by atoms with Crippen molar-refractivity contribution >= 4 is 25.4 Å². The number of rotatable bonds is 3. The van der Waals surface area contributed by atoms with Crippen LogP contribution >= 0.6 is 0 Å². The molecular weight excluding hydrogens is 288 g/mol. The average molecular weight is 297 g/mol. The molecule has 0 aliphatic carbocycles. The average Bonchev–Trinajstić information content (AvgIpc) is 2.16. The first-order valence-electron chi connectivity index (χ1n) is 4.35. The second-order valence-corrected chi connectivity index (χ2v) is 5.30. The minimum atomic E-state index is -4.51. The van der Waals surface area contributed by atoms with Crippen LogP contribution in [0, 0.1) is 0 Å². The summed E-state index contributed by atoms with van der Waals surface area (Å²) in [5, 5.41) is -2.01. The predicted octanol–water partition coefficient (Wildman–Crippen LogP) is 1.47. The number of esters is 1. The monoisotopic (exact) mass is 298 g/mol. The number of hydrogen-bond acceptors (Lipinski definition) is 2. The van der Waals surface area contributed by atoms with Crippen LogP contribution in [0.4, 0.5) is 13.2 Å². The van der Waals surface area contributed by atoms with Crippen LogP contribution in [0.25, 0.3) is 0 Å². The molecule has 0 heterocycles. The van der Waals surface area contributed by atoms with E-state index in [0.717, 1.165) is 6.92 Å². The van der Waals surface area contributed by atoms with Crippen molar-refractivity contribution in [2.75, 3.05) is 0 Å². The second-order valence-electron chi connectivity index (χ2n) is 2.91. The molecule has 6 heteroatoms.